The standard InChI is InChI=1S/C26H26N8/c1-4-10-20(11-5-1)21-16-18-23(19-17-21)27-28-25(22-12-6-2-7-13-22)29-30-26-31-32-33-34(26)24-14-8-3-9-15-24/h2-3,6-9,12-20,27H,1,4-5,10-11H2/b28-25-,30-29?. The average molecular weight is 451 g/mol. The summed E-state index contributed by atoms with van der Waals surface area (Å²) in [4.78, 5) is 0. The van der Waals surface area contributed by atoms with E-state index in [4.69, 9.17) is 0 Å². The lowest BCUT2D eigenvalue weighted by Gasteiger charge is -2.22. The highest BCUT2D eigenvalue weighted by atomic mass is 15.6. The third-order valence-electron chi connectivity index (χ3n) is 6.00. The van der Waals surface area contributed by atoms with Crippen LogP contribution < -0.4 is 5.43 Å². The van der Waals surface area contributed by atoms with Gasteiger partial charge in [-0.2, -0.15) is 9.78 Å². The molecule has 5 rings (SSSR count). The van der Waals surface area contributed by atoms with Crippen molar-refractivity contribution in [3.05, 3.63) is 96.1 Å². The second kappa shape index (κ2) is 10.6. The van der Waals surface area contributed by atoms with Crippen LogP contribution in [0.2, 0.25) is 0 Å². The highest BCUT2D eigenvalue weighted by Gasteiger charge is 2.15. The normalized spacial score (nSPS) is 15.0. The fourth-order valence-corrected chi connectivity index (χ4v) is 4.19. The molecule has 8 nitrogen and oxygen atoms in total. The maximum Gasteiger partial charge on any atom is 0.292 e. The Labute approximate surface area is 198 Å². The van der Waals surface area contributed by atoms with Crippen LogP contribution in [0.15, 0.2) is 100 Å². The second-order valence-corrected chi connectivity index (χ2v) is 8.30. The molecule has 3 aromatic carbocycles. The van der Waals surface area contributed by atoms with Gasteiger partial charge in [0.1, 0.15) is 0 Å². The van der Waals surface area contributed by atoms with Crippen LogP contribution in [0.3, 0.4) is 0 Å². The van der Waals surface area contributed by atoms with Gasteiger partial charge in [-0.1, -0.05) is 85.0 Å². The van der Waals surface area contributed by atoms with Gasteiger partial charge in [0.05, 0.1) is 11.4 Å². The maximum atomic E-state index is 4.54. The van der Waals surface area contributed by atoms with Crippen LogP contribution in [-0.2, 0) is 0 Å². The Balaban J connectivity index is 1.37. The Morgan fingerprint density at radius 3 is 2.26 bits per heavy atom. The topological polar surface area (TPSA) is 92.7 Å². The van der Waals surface area contributed by atoms with Crippen LogP contribution in [0.4, 0.5) is 11.6 Å². The maximum absolute atomic E-state index is 4.54. The number of aromatic nitrogens is 4. The summed E-state index contributed by atoms with van der Waals surface area (Å²) < 4.78 is 1.53. The Hall–Kier alpha value is -4.20. The SMILES string of the molecule is c1ccc(/C(N=Nc2nnnn2-c2ccccc2)=N/Nc2ccc(C3CCCCC3)cc2)cc1. The van der Waals surface area contributed by atoms with E-state index in [1.807, 2.05) is 60.7 Å². The molecule has 0 aliphatic heterocycles. The minimum Gasteiger partial charge on any atom is -0.276 e. The van der Waals surface area contributed by atoms with Gasteiger partial charge in [0.2, 0.25) is 5.84 Å². The van der Waals surface area contributed by atoms with Gasteiger partial charge in [0.15, 0.2) is 0 Å². The number of nitrogens with zero attached hydrogens (tertiary/aromatic N) is 7. The third-order valence-corrected chi connectivity index (χ3v) is 6.00. The van der Waals surface area contributed by atoms with E-state index in [1.165, 1.54) is 42.3 Å². The lowest BCUT2D eigenvalue weighted by Crippen LogP contribution is -2.05. The van der Waals surface area contributed by atoms with Gasteiger partial charge < -0.3 is 0 Å². The third kappa shape index (κ3) is 5.23. The molecule has 1 aliphatic rings. The number of hydrogen-bond acceptors (Lipinski definition) is 6. The lowest BCUT2D eigenvalue weighted by atomic mass is 9.84. The molecule has 0 radical (unpaired) electrons. The summed E-state index contributed by atoms with van der Waals surface area (Å²) in [6.07, 6.45) is 6.58. The molecular weight excluding hydrogens is 424 g/mol. The van der Waals surface area contributed by atoms with Crippen LogP contribution in [-0.4, -0.2) is 26.0 Å². The summed E-state index contributed by atoms with van der Waals surface area (Å²) >= 11 is 0. The molecule has 1 saturated carbocycles. The summed E-state index contributed by atoms with van der Waals surface area (Å²) in [5.41, 5.74) is 7.06. The predicted molar refractivity (Wildman–Crippen MR) is 133 cm³/mol. The van der Waals surface area contributed by atoms with Gasteiger partial charge in [0, 0.05) is 5.56 Å². The van der Waals surface area contributed by atoms with Crippen molar-refractivity contribution in [2.75, 3.05) is 5.43 Å². The highest BCUT2D eigenvalue weighted by Crippen LogP contribution is 2.33. The molecule has 0 spiro atoms. The summed E-state index contributed by atoms with van der Waals surface area (Å²) in [5.74, 6) is 1.38. The van der Waals surface area contributed by atoms with Gasteiger partial charge in [-0.25, -0.2) is 0 Å². The molecule has 1 fully saturated rings. The summed E-state index contributed by atoms with van der Waals surface area (Å²) in [7, 11) is 0. The second-order valence-electron chi connectivity index (χ2n) is 8.30. The fraction of sp³-hybridized carbons (Fsp3) is 0.231. The van der Waals surface area contributed by atoms with E-state index in [9.17, 15) is 0 Å². The van der Waals surface area contributed by atoms with Crippen LogP contribution in [0.5, 0.6) is 0 Å². The Kier molecular flexibility index (Phi) is 6.75. The minimum absolute atomic E-state index is 0.270. The summed E-state index contributed by atoms with van der Waals surface area (Å²) in [6.45, 7) is 0. The first-order valence-corrected chi connectivity index (χ1v) is 11.6. The van der Waals surface area contributed by atoms with Crippen molar-refractivity contribution in [2.45, 2.75) is 38.0 Å². The van der Waals surface area contributed by atoms with Crippen molar-refractivity contribution in [3.63, 3.8) is 0 Å². The van der Waals surface area contributed by atoms with Crippen LogP contribution in [0.1, 0.15) is 49.1 Å². The number of nitrogens with one attached hydrogen (secondary N) is 1. The highest BCUT2D eigenvalue weighted by molar-refractivity contribution is 5.99. The number of para-hydroxylation sites is 1. The number of anilines is 1. The Morgan fingerprint density at radius 2 is 1.53 bits per heavy atom. The molecule has 0 bridgehead atoms. The monoisotopic (exact) mass is 450 g/mol. The number of hydrogen-bond donors (Lipinski definition) is 1. The zero-order chi connectivity index (χ0) is 23.0. The van der Waals surface area contributed by atoms with Crippen LogP contribution >= 0.6 is 0 Å². The number of hydrazone groups is 1. The number of amidine groups is 1. The van der Waals surface area contributed by atoms with Crippen molar-refractivity contribution in [1.29, 1.82) is 0 Å². The average Bonchev–Trinajstić information content (AvgIpc) is 3.39. The van der Waals surface area contributed by atoms with Crippen molar-refractivity contribution in [3.8, 4) is 5.69 Å². The number of rotatable bonds is 6. The molecule has 8 heteroatoms. The van der Waals surface area contributed by atoms with E-state index in [2.05, 4.69) is 60.5 Å². The molecule has 170 valence electrons. The number of tetrazole rings is 1. The molecule has 0 unspecified atom stereocenters. The molecule has 0 saturated heterocycles. The molecule has 34 heavy (non-hydrogen) atoms. The molecule has 0 atom stereocenters. The summed E-state index contributed by atoms with van der Waals surface area (Å²) in [5, 5.41) is 25.0. The fourth-order valence-electron chi connectivity index (χ4n) is 4.19. The number of benzene rings is 3. The predicted octanol–water partition coefficient (Wildman–Crippen LogP) is 6.27. The van der Waals surface area contributed by atoms with Crippen LogP contribution in [0.25, 0.3) is 5.69 Å². The molecule has 4 aromatic rings. The van der Waals surface area contributed by atoms with Crippen molar-refractivity contribution < 1.29 is 0 Å². The molecule has 1 aliphatic carbocycles. The number of azo groups is 1. The van der Waals surface area contributed by atoms with Crippen molar-refractivity contribution in [2.24, 2.45) is 15.3 Å². The van der Waals surface area contributed by atoms with E-state index in [-0.39, 0.29) is 5.95 Å². The van der Waals surface area contributed by atoms with Gasteiger partial charge >= 0.3 is 0 Å². The molecule has 1 heterocycles. The van der Waals surface area contributed by atoms with E-state index < -0.39 is 0 Å². The quantitative estimate of drug-likeness (QED) is 0.162. The summed E-state index contributed by atoms with van der Waals surface area (Å²) in [6, 6.07) is 27.8. The Bertz CT molecular complexity index is 1240. The smallest absolute Gasteiger partial charge is 0.276 e. The largest absolute Gasteiger partial charge is 0.292 e. The van der Waals surface area contributed by atoms with Gasteiger partial charge in [-0.15, -0.1) is 10.2 Å². The van der Waals surface area contributed by atoms with Gasteiger partial charge in [0.25, 0.3) is 5.95 Å². The molecule has 1 aromatic heterocycles. The Morgan fingerprint density at radius 1 is 0.824 bits per heavy atom. The van der Waals surface area contributed by atoms with E-state index in [0.717, 1.165) is 16.9 Å². The van der Waals surface area contributed by atoms with Gasteiger partial charge in [-0.3, -0.25) is 5.43 Å². The van der Waals surface area contributed by atoms with Crippen LogP contribution in [0, 0.1) is 0 Å². The lowest BCUT2D eigenvalue weighted by molar-refractivity contribution is 0.443. The van der Waals surface area contributed by atoms with Gasteiger partial charge in [-0.05, 0) is 59.0 Å². The van der Waals surface area contributed by atoms with Crippen molar-refractivity contribution >= 4 is 17.5 Å². The van der Waals surface area contributed by atoms with E-state index >= 15 is 0 Å². The molecule has 1 N–H and O–H groups in total. The molecular formula is C26H26N8. The first-order valence-electron chi connectivity index (χ1n) is 11.6. The first-order chi connectivity index (χ1) is 16.9. The van der Waals surface area contributed by atoms with Crippen molar-refractivity contribution in [1.82, 2.24) is 20.2 Å². The zero-order valence-corrected chi connectivity index (χ0v) is 18.8. The first kappa shape index (κ1) is 21.6. The minimum atomic E-state index is 0.270. The van der Waals surface area contributed by atoms with E-state index in [0.29, 0.717) is 11.8 Å². The molecule has 0 amide bonds. The zero-order valence-electron chi connectivity index (χ0n) is 18.8. The van der Waals surface area contributed by atoms with E-state index in [1.54, 1.807) is 0 Å².